The van der Waals surface area contributed by atoms with Crippen LogP contribution < -0.4 is 4.74 Å². The number of ether oxygens (including phenoxy) is 2. The summed E-state index contributed by atoms with van der Waals surface area (Å²) in [5.74, 6) is 0.129. The lowest BCUT2D eigenvalue weighted by molar-refractivity contribution is -0.384. The summed E-state index contributed by atoms with van der Waals surface area (Å²) in [6, 6.07) is 12.9. The van der Waals surface area contributed by atoms with Crippen molar-refractivity contribution in [1.82, 2.24) is 0 Å². The highest BCUT2D eigenvalue weighted by atomic mass is 16.6. The van der Waals surface area contributed by atoms with Gasteiger partial charge in [-0.25, -0.2) is 9.79 Å². The fraction of sp³-hybridized carbons (Fsp3) is 0.158. The topological polar surface area (TPSA) is 91.0 Å². The van der Waals surface area contributed by atoms with Gasteiger partial charge in [-0.05, 0) is 55.0 Å². The normalized spacial score (nSPS) is 11.4. The van der Waals surface area contributed by atoms with Crippen molar-refractivity contribution in [1.29, 1.82) is 0 Å². The van der Waals surface area contributed by atoms with Crippen molar-refractivity contribution in [3.8, 4) is 5.75 Å². The molecular weight excluding hydrogens is 336 g/mol. The average Bonchev–Trinajstić information content (AvgIpc) is 2.66. The lowest BCUT2D eigenvalue weighted by atomic mass is 10.1. The van der Waals surface area contributed by atoms with E-state index in [2.05, 4.69) is 4.99 Å². The summed E-state index contributed by atoms with van der Waals surface area (Å²) >= 11 is 0. The van der Waals surface area contributed by atoms with Crippen LogP contribution in [0.15, 0.2) is 59.6 Å². The summed E-state index contributed by atoms with van der Waals surface area (Å²) < 4.78 is 10.1. The lowest BCUT2D eigenvalue weighted by Gasteiger charge is -2.03. The zero-order valence-electron chi connectivity index (χ0n) is 14.4. The van der Waals surface area contributed by atoms with E-state index < -0.39 is 10.9 Å². The second-order valence-electron chi connectivity index (χ2n) is 5.10. The monoisotopic (exact) mass is 354 g/mol. The maximum atomic E-state index is 12.1. The summed E-state index contributed by atoms with van der Waals surface area (Å²) in [7, 11) is 1.56. The molecule has 0 unspecified atom stereocenters. The Morgan fingerprint density at radius 1 is 1.15 bits per heavy atom. The van der Waals surface area contributed by atoms with Crippen molar-refractivity contribution < 1.29 is 19.2 Å². The van der Waals surface area contributed by atoms with Gasteiger partial charge < -0.3 is 9.47 Å². The number of rotatable bonds is 7. The molecule has 0 spiro atoms. The third-order valence-corrected chi connectivity index (χ3v) is 3.34. The van der Waals surface area contributed by atoms with Crippen LogP contribution >= 0.6 is 0 Å². The number of nitro groups is 1. The van der Waals surface area contributed by atoms with E-state index in [4.69, 9.17) is 9.47 Å². The van der Waals surface area contributed by atoms with E-state index in [-0.39, 0.29) is 18.0 Å². The lowest BCUT2D eigenvalue weighted by Crippen LogP contribution is -2.15. The van der Waals surface area contributed by atoms with Crippen molar-refractivity contribution in [2.75, 3.05) is 13.7 Å². The van der Waals surface area contributed by atoms with Gasteiger partial charge in [-0.2, -0.15) is 0 Å². The summed E-state index contributed by atoms with van der Waals surface area (Å²) in [5, 5.41) is 10.7. The van der Waals surface area contributed by atoms with Gasteiger partial charge in [0, 0.05) is 12.1 Å². The van der Waals surface area contributed by atoms with Crippen molar-refractivity contribution in [2.45, 2.75) is 6.92 Å². The molecule has 0 saturated carbocycles. The van der Waals surface area contributed by atoms with E-state index in [0.29, 0.717) is 17.0 Å². The molecule has 0 bridgehead atoms. The van der Waals surface area contributed by atoms with Crippen LogP contribution in [0.25, 0.3) is 6.08 Å². The Bertz CT molecular complexity index is 824. The quantitative estimate of drug-likeness (QED) is 0.325. The number of aliphatic imine (C=N–C) groups is 1. The number of nitrogens with zero attached hydrogens (tertiary/aromatic N) is 2. The van der Waals surface area contributed by atoms with E-state index in [1.54, 1.807) is 56.5 Å². The Hall–Kier alpha value is -3.48. The molecule has 0 atom stereocenters. The van der Waals surface area contributed by atoms with Crippen molar-refractivity contribution in [3.05, 3.63) is 70.3 Å². The number of carbonyl (C=O) groups is 1. The van der Waals surface area contributed by atoms with Crippen LogP contribution in [0.2, 0.25) is 0 Å². The van der Waals surface area contributed by atoms with Crippen LogP contribution in [0.5, 0.6) is 5.75 Å². The molecule has 0 aliphatic rings. The minimum Gasteiger partial charge on any atom is -0.497 e. The molecule has 0 amide bonds. The first-order valence-corrected chi connectivity index (χ1v) is 7.86. The molecule has 0 radical (unpaired) electrons. The van der Waals surface area contributed by atoms with Crippen molar-refractivity contribution >= 4 is 29.1 Å². The first-order valence-electron chi connectivity index (χ1n) is 7.86. The Labute approximate surface area is 150 Å². The highest BCUT2D eigenvalue weighted by molar-refractivity contribution is 6.42. The zero-order valence-corrected chi connectivity index (χ0v) is 14.4. The molecular formula is C19H18N2O5. The van der Waals surface area contributed by atoms with Crippen LogP contribution in [-0.2, 0) is 9.53 Å². The molecule has 7 heteroatoms. The summed E-state index contributed by atoms with van der Waals surface area (Å²) in [5.41, 5.74) is 1.39. The molecule has 134 valence electrons. The number of non-ortho nitro benzene ring substituents is 1. The van der Waals surface area contributed by atoms with Gasteiger partial charge >= 0.3 is 5.97 Å². The zero-order chi connectivity index (χ0) is 18.9. The Morgan fingerprint density at radius 3 is 2.35 bits per heavy atom. The van der Waals surface area contributed by atoms with Gasteiger partial charge in [0.25, 0.3) is 5.69 Å². The van der Waals surface area contributed by atoms with E-state index in [0.717, 1.165) is 0 Å². The molecule has 0 heterocycles. The minimum atomic E-state index is -0.554. The van der Waals surface area contributed by atoms with Crippen LogP contribution in [0.1, 0.15) is 12.5 Å². The minimum absolute atomic E-state index is 0.000309. The second-order valence-corrected chi connectivity index (χ2v) is 5.10. The molecule has 2 rings (SSSR count). The number of hydrogen-bond acceptors (Lipinski definition) is 6. The highest BCUT2D eigenvalue weighted by Gasteiger charge is 2.10. The third kappa shape index (κ3) is 5.27. The first kappa shape index (κ1) is 18.9. The van der Waals surface area contributed by atoms with Gasteiger partial charge in [0.1, 0.15) is 11.5 Å². The van der Waals surface area contributed by atoms with Crippen molar-refractivity contribution in [3.63, 3.8) is 0 Å². The third-order valence-electron chi connectivity index (χ3n) is 3.34. The van der Waals surface area contributed by atoms with E-state index in [1.165, 1.54) is 18.2 Å². The number of esters is 1. The van der Waals surface area contributed by atoms with E-state index >= 15 is 0 Å². The number of benzene rings is 2. The molecule has 2 aromatic carbocycles. The number of carbonyl (C=O) groups excluding carboxylic acids is 1. The van der Waals surface area contributed by atoms with E-state index in [1.807, 2.05) is 0 Å². The largest absolute Gasteiger partial charge is 0.497 e. The summed E-state index contributed by atoms with van der Waals surface area (Å²) in [6.45, 7) is 1.94. The van der Waals surface area contributed by atoms with Gasteiger partial charge in [-0.3, -0.25) is 10.1 Å². The predicted molar refractivity (Wildman–Crippen MR) is 98.9 cm³/mol. The predicted octanol–water partition coefficient (Wildman–Crippen LogP) is 3.95. The Balaban J connectivity index is 2.27. The highest BCUT2D eigenvalue weighted by Crippen LogP contribution is 2.19. The van der Waals surface area contributed by atoms with Crippen LogP contribution in [0.4, 0.5) is 11.4 Å². The smallest absolute Gasteiger partial charge is 0.356 e. The number of hydrogen-bond donors (Lipinski definition) is 0. The van der Waals surface area contributed by atoms with Crippen molar-refractivity contribution in [2.24, 2.45) is 4.99 Å². The molecule has 7 nitrogen and oxygen atoms in total. The maximum Gasteiger partial charge on any atom is 0.356 e. The fourth-order valence-corrected chi connectivity index (χ4v) is 2.03. The molecule has 0 N–H and O–H groups in total. The van der Waals surface area contributed by atoms with Gasteiger partial charge in [-0.15, -0.1) is 0 Å². The number of methoxy groups -OCH3 is 1. The summed E-state index contributed by atoms with van der Waals surface area (Å²) in [4.78, 5) is 26.6. The van der Waals surface area contributed by atoms with Crippen LogP contribution in [0.3, 0.4) is 0 Å². The molecule has 0 fully saturated rings. The Morgan fingerprint density at radius 2 is 1.81 bits per heavy atom. The van der Waals surface area contributed by atoms with Gasteiger partial charge in [-0.1, -0.05) is 6.08 Å². The number of nitro benzene ring substituents is 1. The van der Waals surface area contributed by atoms with Crippen LogP contribution in [-0.4, -0.2) is 30.3 Å². The average molecular weight is 354 g/mol. The van der Waals surface area contributed by atoms with E-state index in [9.17, 15) is 14.9 Å². The Kier molecular flexibility index (Phi) is 6.61. The molecule has 0 saturated heterocycles. The molecule has 0 aliphatic carbocycles. The van der Waals surface area contributed by atoms with Gasteiger partial charge in [0.15, 0.2) is 0 Å². The summed E-state index contributed by atoms with van der Waals surface area (Å²) in [6.07, 6.45) is 3.16. The molecule has 26 heavy (non-hydrogen) atoms. The second kappa shape index (κ2) is 9.12. The molecule has 0 aliphatic heterocycles. The molecule has 0 aromatic heterocycles. The SMILES string of the molecule is CCOC(=O)C(/C=C/c1ccc([N+](=O)[O-])cc1)=Nc1ccc(OC)cc1. The van der Waals surface area contributed by atoms with Gasteiger partial charge in [0.05, 0.1) is 24.3 Å². The van der Waals surface area contributed by atoms with Gasteiger partial charge in [0.2, 0.25) is 0 Å². The maximum absolute atomic E-state index is 12.1. The van der Waals surface area contributed by atoms with Crippen LogP contribution in [0, 0.1) is 10.1 Å². The molecule has 2 aromatic rings. The first-order chi connectivity index (χ1) is 12.5. The fourth-order valence-electron chi connectivity index (χ4n) is 2.03. The standard InChI is InChI=1S/C19H18N2O5/c1-3-26-19(22)18(20-15-7-11-17(25-2)12-8-15)13-6-14-4-9-16(10-5-14)21(23)24/h4-13H,3H2,1-2H3/b13-6+,20-18?.